The van der Waals surface area contributed by atoms with Gasteiger partial charge in [-0.2, -0.15) is 0 Å². The second kappa shape index (κ2) is 6.17. The summed E-state index contributed by atoms with van der Waals surface area (Å²) in [5, 5.41) is 13.1. The van der Waals surface area contributed by atoms with E-state index in [9.17, 15) is 5.11 Å². The molecule has 1 atom stereocenters. The highest BCUT2D eigenvalue weighted by Gasteiger charge is 2.39. The van der Waals surface area contributed by atoms with E-state index in [1.807, 2.05) is 12.1 Å². The normalized spacial score (nSPS) is 21.6. The van der Waals surface area contributed by atoms with Crippen molar-refractivity contribution in [2.24, 2.45) is 0 Å². The number of hydrogen-bond acceptors (Lipinski definition) is 2. The number of aliphatic hydroxyl groups excluding tert-OH is 1. The molecule has 2 nitrogen and oxygen atoms in total. The summed E-state index contributed by atoms with van der Waals surface area (Å²) >= 11 is 6.07. The van der Waals surface area contributed by atoms with Gasteiger partial charge in [0.05, 0.1) is 6.61 Å². The van der Waals surface area contributed by atoms with Crippen molar-refractivity contribution in [2.75, 3.05) is 19.3 Å². The minimum atomic E-state index is -1.83. The second-order valence-corrected chi connectivity index (χ2v) is 11.0. The van der Waals surface area contributed by atoms with Gasteiger partial charge in [-0.3, -0.25) is 4.90 Å². The van der Waals surface area contributed by atoms with Crippen molar-refractivity contribution < 1.29 is 5.11 Å². The Labute approximate surface area is 138 Å². The minimum Gasteiger partial charge on any atom is -0.395 e. The van der Waals surface area contributed by atoms with Crippen molar-refractivity contribution in [2.45, 2.75) is 20.0 Å². The lowest BCUT2D eigenvalue weighted by Gasteiger charge is -2.41. The van der Waals surface area contributed by atoms with E-state index in [-0.39, 0.29) is 6.61 Å². The fourth-order valence-electron chi connectivity index (χ4n) is 3.54. The summed E-state index contributed by atoms with van der Waals surface area (Å²) in [5.74, 6) is 0. The molecular weight excluding hydrogens is 310 g/mol. The summed E-state index contributed by atoms with van der Waals surface area (Å²) in [6.45, 7) is 6.48. The maximum absolute atomic E-state index is 9.34. The highest BCUT2D eigenvalue weighted by molar-refractivity contribution is 7.02. The van der Waals surface area contributed by atoms with E-state index < -0.39 is 8.07 Å². The molecule has 0 amide bonds. The summed E-state index contributed by atoms with van der Waals surface area (Å²) in [5.41, 5.74) is 2.73. The summed E-state index contributed by atoms with van der Waals surface area (Å²) in [6, 6.07) is 15.2. The SMILES string of the molecule is Cc1ccc2c(c1)[Si](C)(c1ccc(Cl)cc1)CN(CCO)C2. The summed E-state index contributed by atoms with van der Waals surface area (Å²) < 4.78 is 0. The number of fused-ring (bicyclic) bond motifs is 1. The highest BCUT2D eigenvalue weighted by Crippen LogP contribution is 2.20. The number of nitrogens with zero attached hydrogens (tertiary/aromatic N) is 1. The first-order valence-corrected chi connectivity index (χ1v) is 10.8. The van der Waals surface area contributed by atoms with Gasteiger partial charge in [-0.1, -0.05) is 59.2 Å². The van der Waals surface area contributed by atoms with Gasteiger partial charge in [-0.25, -0.2) is 0 Å². The molecule has 0 saturated carbocycles. The minimum absolute atomic E-state index is 0.215. The molecule has 3 rings (SSSR count). The molecule has 1 N–H and O–H groups in total. The van der Waals surface area contributed by atoms with Crippen LogP contribution in [0.15, 0.2) is 42.5 Å². The van der Waals surface area contributed by atoms with Crippen LogP contribution in [-0.2, 0) is 6.54 Å². The standard InChI is InChI=1S/C18H22ClNOSi/c1-14-3-4-15-12-20(9-10-21)13-22(2,18(15)11-14)17-7-5-16(19)6-8-17/h3-8,11,21H,9-10,12-13H2,1-2H3. The van der Waals surface area contributed by atoms with Gasteiger partial charge in [-0.15, -0.1) is 0 Å². The Morgan fingerprint density at radius 3 is 2.59 bits per heavy atom. The first-order valence-electron chi connectivity index (χ1n) is 7.72. The molecule has 0 spiro atoms. The number of halogens is 1. The van der Waals surface area contributed by atoms with E-state index in [1.54, 1.807) is 0 Å². The average molecular weight is 332 g/mol. The average Bonchev–Trinajstić information content (AvgIpc) is 2.49. The zero-order valence-electron chi connectivity index (χ0n) is 13.1. The number of aryl methyl sites for hydroxylation is 1. The lowest BCUT2D eigenvalue weighted by atomic mass is 10.1. The van der Waals surface area contributed by atoms with E-state index in [4.69, 9.17) is 11.6 Å². The Morgan fingerprint density at radius 1 is 1.18 bits per heavy atom. The van der Waals surface area contributed by atoms with Crippen LogP contribution in [0.4, 0.5) is 0 Å². The van der Waals surface area contributed by atoms with Crippen LogP contribution in [0, 0.1) is 6.92 Å². The van der Waals surface area contributed by atoms with Gasteiger partial charge in [-0.05, 0) is 29.8 Å². The molecule has 0 fully saturated rings. The van der Waals surface area contributed by atoms with Crippen LogP contribution in [0.5, 0.6) is 0 Å². The van der Waals surface area contributed by atoms with E-state index in [0.717, 1.165) is 24.3 Å². The summed E-state index contributed by atoms with van der Waals surface area (Å²) in [7, 11) is -1.83. The fourth-order valence-corrected chi connectivity index (χ4v) is 7.81. The van der Waals surface area contributed by atoms with Crippen molar-refractivity contribution >= 4 is 30.0 Å². The van der Waals surface area contributed by atoms with E-state index >= 15 is 0 Å². The molecular formula is C18H22ClNOSi. The molecule has 0 radical (unpaired) electrons. The molecule has 4 heteroatoms. The second-order valence-electron chi connectivity index (χ2n) is 6.43. The first-order chi connectivity index (χ1) is 10.5. The lowest BCUT2D eigenvalue weighted by molar-refractivity contribution is 0.206. The van der Waals surface area contributed by atoms with Crippen LogP contribution < -0.4 is 10.4 Å². The number of benzene rings is 2. The van der Waals surface area contributed by atoms with Crippen LogP contribution >= 0.6 is 11.6 Å². The monoisotopic (exact) mass is 331 g/mol. The summed E-state index contributed by atoms with van der Waals surface area (Å²) in [4.78, 5) is 2.39. The van der Waals surface area contributed by atoms with Gasteiger partial charge in [0.25, 0.3) is 0 Å². The van der Waals surface area contributed by atoms with Gasteiger partial charge in [0, 0.05) is 24.3 Å². The van der Waals surface area contributed by atoms with Crippen molar-refractivity contribution in [1.82, 2.24) is 4.90 Å². The highest BCUT2D eigenvalue weighted by atomic mass is 35.5. The van der Waals surface area contributed by atoms with Gasteiger partial charge in [0.2, 0.25) is 0 Å². The smallest absolute Gasteiger partial charge is 0.129 e. The largest absolute Gasteiger partial charge is 0.395 e. The Kier molecular flexibility index (Phi) is 4.41. The first kappa shape index (κ1) is 15.8. The van der Waals surface area contributed by atoms with Crippen LogP contribution in [0.3, 0.4) is 0 Å². The molecule has 1 heterocycles. The summed E-state index contributed by atoms with van der Waals surface area (Å²) in [6.07, 6.45) is 1.05. The third-order valence-electron chi connectivity index (χ3n) is 4.69. The Morgan fingerprint density at radius 2 is 1.91 bits per heavy atom. The third-order valence-corrected chi connectivity index (χ3v) is 9.28. The number of hydrogen-bond donors (Lipinski definition) is 1. The number of rotatable bonds is 3. The molecule has 0 aliphatic carbocycles. The molecule has 2 aromatic rings. The number of β-amino-alcohol motifs (C(OH)–C–C–N with tert-alkyl or cyclic N) is 1. The van der Waals surface area contributed by atoms with Gasteiger partial charge >= 0.3 is 0 Å². The van der Waals surface area contributed by atoms with E-state index in [2.05, 4.69) is 48.7 Å². The molecule has 0 bridgehead atoms. The third kappa shape index (κ3) is 2.86. The van der Waals surface area contributed by atoms with Crippen LogP contribution in [0.1, 0.15) is 11.1 Å². The van der Waals surface area contributed by atoms with Crippen molar-refractivity contribution in [3.63, 3.8) is 0 Å². The van der Waals surface area contributed by atoms with Crippen LogP contribution in [0.2, 0.25) is 11.6 Å². The molecule has 1 aliphatic heterocycles. The van der Waals surface area contributed by atoms with Crippen molar-refractivity contribution in [3.8, 4) is 0 Å². The van der Waals surface area contributed by atoms with Crippen LogP contribution in [-0.4, -0.2) is 37.4 Å². The van der Waals surface area contributed by atoms with E-state index in [0.29, 0.717) is 0 Å². The predicted octanol–water partition coefficient (Wildman–Crippen LogP) is 2.19. The molecule has 0 aromatic heterocycles. The number of aliphatic hydroxyl groups is 1. The lowest BCUT2D eigenvalue weighted by Crippen LogP contribution is -2.67. The van der Waals surface area contributed by atoms with Crippen molar-refractivity contribution in [3.05, 3.63) is 58.6 Å². The maximum Gasteiger partial charge on any atom is 0.129 e. The quantitative estimate of drug-likeness (QED) is 0.872. The van der Waals surface area contributed by atoms with Gasteiger partial charge in [0.1, 0.15) is 8.07 Å². The predicted molar refractivity (Wildman–Crippen MR) is 95.9 cm³/mol. The Bertz CT molecular complexity index is 673. The molecule has 2 aromatic carbocycles. The topological polar surface area (TPSA) is 23.5 Å². The zero-order valence-corrected chi connectivity index (χ0v) is 14.9. The Hall–Kier alpha value is -1.13. The Balaban J connectivity index is 2.11. The van der Waals surface area contributed by atoms with E-state index in [1.165, 1.54) is 21.5 Å². The molecule has 116 valence electrons. The molecule has 1 unspecified atom stereocenters. The zero-order chi connectivity index (χ0) is 15.7. The van der Waals surface area contributed by atoms with Gasteiger partial charge < -0.3 is 5.11 Å². The fraction of sp³-hybridized carbons (Fsp3) is 0.333. The van der Waals surface area contributed by atoms with Crippen molar-refractivity contribution in [1.29, 1.82) is 0 Å². The van der Waals surface area contributed by atoms with Crippen LogP contribution in [0.25, 0.3) is 0 Å². The van der Waals surface area contributed by atoms with Gasteiger partial charge in [0.15, 0.2) is 0 Å². The molecule has 0 saturated heterocycles. The molecule has 22 heavy (non-hydrogen) atoms. The maximum atomic E-state index is 9.34. The molecule has 1 aliphatic rings.